The molecule has 0 bridgehead atoms. The smallest absolute Gasteiger partial charge is 0.347 e. The van der Waals surface area contributed by atoms with Crippen molar-refractivity contribution in [3.63, 3.8) is 0 Å². The second-order valence-electron chi connectivity index (χ2n) is 6.18. The average Bonchev–Trinajstić information content (AvgIpc) is 3.13. The molecule has 1 fully saturated rings. The van der Waals surface area contributed by atoms with Crippen molar-refractivity contribution >= 4 is 5.91 Å². The molecule has 1 atom stereocenters. The maximum Gasteiger partial charge on any atom is 0.347 e. The van der Waals surface area contributed by atoms with Gasteiger partial charge in [-0.25, -0.2) is 9.78 Å². The fraction of sp³-hybridized carbons (Fsp3) is 0.389. The van der Waals surface area contributed by atoms with E-state index in [1.54, 1.807) is 12.3 Å². The summed E-state index contributed by atoms with van der Waals surface area (Å²) in [5.41, 5.74) is 0.625. The zero-order valence-corrected chi connectivity index (χ0v) is 13.8. The molecule has 1 saturated heterocycles. The van der Waals surface area contributed by atoms with E-state index < -0.39 is 5.69 Å². The average molecular weight is 341 g/mol. The molecule has 0 saturated carbocycles. The summed E-state index contributed by atoms with van der Waals surface area (Å²) in [5.74, 6) is 1.40. The van der Waals surface area contributed by atoms with Gasteiger partial charge in [0, 0.05) is 18.9 Å². The van der Waals surface area contributed by atoms with Gasteiger partial charge in [-0.15, -0.1) is 0 Å². The first kappa shape index (κ1) is 15.7. The lowest BCUT2D eigenvalue weighted by Crippen LogP contribution is -2.36. The van der Waals surface area contributed by atoms with Crippen LogP contribution < -0.4 is 15.2 Å². The SMILES string of the molecule is O=C(Cn1cccnc1=O)N1CCCC1c1ccc2c(c1)OCCO2. The van der Waals surface area contributed by atoms with Gasteiger partial charge in [0.25, 0.3) is 0 Å². The Morgan fingerprint density at radius 2 is 2.08 bits per heavy atom. The zero-order valence-electron chi connectivity index (χ0n) is 13.8. The standard InChI is InChI=1S/C18H19N3O4/c22-17(12-20-7-2-6-19-18(20)23)21-8-1-3-14(21)13-4-5-15-16(11-13)25-10-9-24-15/h2,4-7,11,14H,1,3,8-10,12H2. The predicted molar refractivity (Wildman–Crippen MR) is 89.6 cm³/mol. The highest BCUT2D eigenvalue weighted by Gasteiger charge is 2.31. The van der Waals surface area contributed by atoms with Gasteiger partial charge in [0.15, 0.2) is 11.5 Å². The molecule has 0 spiro atoms. The van der Waals surface area contributed by atoms with Crippen molar-refractivity contribution in [1.82, 2.24) is 14.5 Å². The molecule has 3 heterocycles. The van der Waals surface area contributed by atoms with Crippen LogP contribution in [0.1, 0.15) is 24.4 Å². The number of carbonyl (C=O) groups excluding carboxylic acids is 1. The Balaban J connectivity index is 1.55. The Morgan fingerprint density at radius 3 is 2.92 bits per heavy atom. The summed E-state index contributed by atoms with van der Waals surface area (Å²) in [5, 5.41) is 0. The van der Waals surface area contributed by atoms with Crippen LogP contribution in [0.3, 0.4) is 0 Å². The molecule has 2 aromatic rings. The van der Waals surface area contributed by atoms with Crippen molar-refractivity contribution in [2.75, 3.05) is 19.8 Å². The number of amides is 1. The first-order valence-corrected chi connectivity index (χ1v) is 8.43. The van der Waals surface area contributed by atoms with E-state index in [4.69, 9.17) is 9.47 Å². The zero-order chi connectivity index (χ0) is 17.2. The minimum Gasteiger partial charge on any atom is -0.486 e. The Labute approximate surface area is 144 Å². The van der Waals surface area contributed by atoms with E-state index in [2.05, 4.69) is 4.98 Å². The molecule has 0 radical (unpaired) electrons. The lowest BCUT2D eigenvalue weighted by atomic mass is 10.0. The van der Waals surface area contributed by atoms with Crippen LogP contribution in [0.15, 0.2) is 41.5 Å². The van der Waals surface area contributed by atoms with E-state index in [1.165, 1.54) is 10.8 Å². The molecule has 2 aliphatic heterocycles. The van der Waals surface area contributed by atoms with Crippen molar-refractivity contribution < 1.29 is 14.3 Å². The number of benzene rings is 1. The van der Waals surface area contributed by atoms with Crippen LogP contribution in [0.2, 0.25) is 0 Å². The molecular formula is C18H19N3O4. The second kappa shape index (κ2) is 6.58. The number of rotatable bonds is 3. The number of ether oxygens (including phenoxy) is 2. The molecule has 1 aromatic heterocycles. The van der Waals surface area contributed by atoms with E-state index in [0.717, 1.165) is 29.9 Å². The highest BCUT2D eigenvalue weighted by Crippen LogP contribution is 2.38. The summed E-state index contributed by atoms with van der Waals surface area (Å²) in [4.78, 5) is 30.0. The minimum atomic E-state index is -0.411. The highest BCUT2D eigenvalue weighted by atomic mass is 16.6. The van der Waals surface area contributed by atoms with Crippen molar-refractivity contribution in [3.05, 3.63) is 52.7 Å². The maximum atomic E-state index is 12.7. The number of hydrogen-bond acceptors (Lipinski definition) is 5. The van der Waals surface area contributed by atoms with Crippen LogP contribution in [0.5, 0.6) is 11.5 Å². The Hall–Kier alpha value is -2.83. The third-order valence-electron chi connectivity index (χ3n) is 4.61. The van der Waals surface area contributed by atoms with E-state index in [1.807, 2.05) is 23.1 Å². The third-order valence-corrected chi connectivity index (χ3v) is 4.61. The van der Waals surface area contributed by atoms with Gasteiger partial charge in [-0.3, -0.25) is 9.36 Å². The first-order valence-electron chi connectivity index (χ1n) is 8.43. The lowest BCUT2D eigenvalue weighted by molar-refractivity contribution is -0.132. The molecule has 2 aliphatic rings. The minimum absolute atomic E-state index is 0.00398. The fourth-order valence-electron chi connectivity index (χ4n) is 3.42. The van der Waals surface area contributed by atoms with Gasteiger partial charge >= 0.3 is 5.69 Å². The van der Waals surface area contributed by atoms with Crippen LogP contribution in [-0.2, 0) is 11.3 Å². The van der Waals surface area contributed by atoms with Gasteiger partial charge in [0.1, 0.15) is 19.8 Å². The number of carbonyl (C=O) groups is 1. The Bertz CT molecular complexity index is 848. The molecule has 7 nitrogen and oxygen atoms in total. The quantitative estimate of drug-likeness (QED) is 0.843. The largest absolute Gasteiger partial charge is 0.486 e. The molecule has 7 heteroatoms. The topological polar surface area (TPSA) is 73.7 Å². The molecule has 4 rings (SSSR count). The second-order valence-corrected chi connectivity index (χ2v) is 6.18. The summed E-state index contributed by atoms with van der Waals surface area (Å²) in [6, 6.07) is 7.49. The number of aromatic nitrogens is 2. The maximum absolute atomic E-state index is 12.7. The van der Waals surface area contributed by atoms with Gasteiger partial charge in [0.2, 0.25) is 5.91 Å². The first-order chi connectivity index (χ1) is 12.2. The van der Waals surface area contributed by atoms with Crippen LogP contribution in [-0.4, -0.2) is 40.1 Å². The summed E-state index contributed by atoms with van der Waals surface area (Å²) in [7, 11) is 0. The lowest BCUT2D eigenvalue weighted by Gasteiger charge is -2.27. The van der Waals surface area contributed by atoms with Crippen LogP contribution in [0.4, 0.5) is 0 Å². The summed E-state index contributed by atoms with van der Waals surface area (Å²) < 4.78 is 12.5. The van der Waals surface area contributed by atoms with Gasteiger partial charge in [-0.05, 0) is 36.6 Å². The van der Waals surface area contributed by atoms with E-state index in [-0.39, 0.29) is 18.5 Å². The van der Waals surface area contributed by atoms with E-state index in [9.17, 15) is 9.59 Å². The van der Waals surface area contributed by atoms with Crippen LogP contribution in [0.25, 0.3) is 0 Å². The fourth-order valence-corrected chi connectivity index (χ4v) is 3.42. The Morgan fingerprint density at radius 1 is 1.24 bits per heavy atom. The third kappa shape index (κ3) is 3.09. The molecule has 130 valence electrons. The molecule has 1 aromatic carbocycles. The summed E-state index contributed by atoms with van der Waals surface area (Å²) >= 11 is 0. The number of nitrogens with zero attached hydrogens (tertiary/aromatic N) is 3. The van der Waals surface area contributed by atoms with E-state index >= 15 is 0 Å². The molecule has 0 aliphatic carbocycles. The molecule has 0 N–H and O–H groups in total. The van der Waals surface area contributed by atoms with Crippen molar-refractivity contribution in [2.45, 2.75) is 25.4 Å². The van der Waals surface area contributed by atoms with Crippen LogP contribution >= 0.6 is 0 Å². The molecule has 1 unspecified atom stereocenters. The van der Waals surface area contributed by atoms with Gasteiger partial charge in [-0.1, -0.05) is 6.07 Å². The summed E-state index contributed by atoms with van der Waals surface area (Å²) in [6.45, 7) is 1.79. The normalized spacial score (nSPS) is 19.0. The van der Waals surface area contributed by atoms with Crippen LogP contribution in [0, 0.1) is 0 Å². The van der Waals surface area contributed by atoms with Gasteiger partial charge in [-0.2, -0.15) is 0 Å². The van der Waals surface area contributed by atoms with Crippen molar-refractivity contribution in [2.24, 2.45) is 0 Å². The van der Waals surface area contributed by atoms with Crippen molar-refractivity contribution in [1.29, 1.82) is 0 Å². The van der Waals surface area contributed by atoms with Crippen molar-refractivity contribution in [3.8, 4) is 11.5 Å². The molecule has 25 heavy (non-hydrogen) atoms. The predicted octanol–water partition coefficient (Wildman–Crippen LogP) is 1.38. The monoisotopic (exact) mass is 341 g/mol. The number of hydrogen-bond donors (Lipinski definition) is 0. The Kier molecular flexibility index (Phi) is 4.13. The van der Waals surface area contributed by atoms with Gasteiger partial charge < -0.3 is 14.4 Å². The van der Waals surface area contributed by atoms with E-state index in [0.29, 0.717) is 19.8 Å². The number of likely N-dealkylation sites (tertiary alicyclic amines) is 1. The highest BCUT2D eigenvalue weighted by molar-refractivity contribution is 5.77. The molecular weight excluding hydrogens is 322 g/mol. The molecule has 1 amide bonds. The number of fused-ring (bicyclic) bond motifs is 1. The van der Waals surface area contributed by atoms with Gasteiger partial charge in [0.05, 0.1) is 6.04 Å². The summed E-state index contributed by atoms with van der Waals surface area (Å²) in [6.07, 6.45) is 4.85.